The van der Waals surface area contributed by atoms with Crippen LogP contribution in [0.2, 0.25) is 0 Å². The number of aryl methyl sites for hydroxylation is 1. The third-order valence-electron chi connectivity index (χ3n) is 4.39. The van der Waals surface area contributed by atoms with E-state index in [1.54, 1.807) is 24.2 Å². The smallest absolute Gasteiger partial charge is 0.257 e. The second-order valence-corrected chi connectivity index (χ2v) is 5.92. The summed E-state index contributed by atoms with van der Waals surface area (Å²) in [6, 6.07) is 8.25. The van der Waals surface area contributed by atoms with Crippen molar-refractivity contribution in [2.24, 2.45) is 7.05 Å². The Balaban J connectivity index is 1.77. The van der Waals surface area contributed by atoms with Crippen molar-refractivity contribution >= 4 is 5.91 Å². The highest BCUT2D eigenvalue weighted by Crippen LogP contribution is 2.26. The van der Waals surface area contributed by atoms with Crippen LogP contribution in [0.25, 0.3) is 0 Å². The monoisotopic (exact) mass is 314 g/mol. The summed E-state index contributed by atoms with van der Waals surface area (Å²) in [4.78, 5) is 16.8. The van der Waals surface area contributed by atoms with Crippen molar-refractivity contribution in [2.75, 3.05) is 33.8 Å². The fourth-order valence-corrected chi connectivity index (χ4v) is 2.96. The van der Waals surface area contributed by atoms with Gasteiger partial charge in [0, 0.05) is 32.9 Å². The summed E-state index contributed by atoms with van der Waals surface area (Å²) in [5.74, 6) is 0.889. The fourth-order valence-electron chi connectivity index (χ4n) is 2.96. The number of hydrogen-bond acceptors (Lipinski definition) is 4. The molecular weight excluding hydrogens is 292 g/mol. The van der Waals surface area contributed by atoms with Gasteiger partial charge in [-0.05, 0) is 24.7 Å². The SMILES string of the molecule is COc1ccc([C@H]2CN(C(=O)c3cnn(C)c3)CCN2C)cc1. The molecule has 0 spiro atoms. The number of carbonyl (C=O) groups is 1. The van der Waals surface area contributed by atoms with E-state index in [1.807, 2.05) is 24.1 Å². The van der Waals surface area contributed by atoms with Crippen LogP contribution in [0.1, 0.15) is 22.0 Å². The van der Waals surface area contributed by atoms with E-state index in [4.69, 9.17) is 4.74 Å². The molecule has 6 heteroatoms. The minimum atomic E-state index is 0.0460. The normalized spacial score (nSPS) is 18.9. The molecule has 3 rings (SSSR count). The third kappa shape index (κ3) is 3.22. The molecule has 23 heavy (non-hydrogen) atoms. The lowest BCUT2D eigenvalue weighted by Gasteiger charge is -2.39. The zero-order valence-corrected chi connectivity index (χ0v) is 13.8. The predicted octanol–water partition coefficient (Wildman–Crippen LogP) is 1.56. The molecule has 0 radical (unpaired) electrons. The highest BCUT2D eigenvalue weighted by Gasteiger charge is 2.29. The van der Waals surface area contributed by atoms with E-state index in [2.05, 4.69) is 29.2 Å². The molecule has 0 saturated carbocycles. The lowest BCUT2D eigenvalue weighted by atomic mass is 10.0. The summed E-state index contributed by atoms with van der Waals surface area (Å²) >= 11 is 0. The second-order valence-electron chi connectivity index (χ2n) is 5.92. The maximum absolute atomic E-state index is 12.6. The van der Waals surface area contributed by atoms with Crippen LogP contribution >= 0.6 is 0 Å². The van der Waals surface area contributed by atoms with E-state index in [-0.39, 0.29) is 11.9 Å². The van der Waals surface area contributed by atoms with Gasteiger partial charge in [0.25, 0.3) is 5.91 Å². The zero-order valence-electron chi connectivity index (χ0n) is 13.8. The summed E-state index contributed by atoms with van der Waals surface area (Å²) in [6.45, 7) is 2.26. The van der Waals surface area contributed by atoms with Crippen molar-refractivity contribution in [2.45, 2.75) is 6.04 Å². The minimum absolute atomic E-state index is 0.0460. The van der Waals surface area contributed by atoms with Gasteiger partial charge in [-0.15, -0.1) is 0 Å². The summed E-state index contributed by atoms with van der Waals surface area (Å²) in [5, 5.41) is 4.09. The first-order valence-corrected chi connectivity index (χ1v) is 7.70. The number of aromatic nitrogens is 2. The molecule has 122 valence electrons. The average molecular weight is 314 g/mol. The predicted molar refractivity (Wildman–Crippen MR) is 87.5 cm³/mol. The van der Waals surface area contributed by atoms with Crippen LogP contribution < -0.4 is 4.74 Å². The van der Waals surface area contributed by atoms with Gasteiger partial charge in [-0.2, -0.15) is 5.10 Å². The van der Waals surface area contributed by atoms with Crippen LogP contribution in [0.5, 0.6) is 5.75 Å². The van der Waals surface area contributed by atoms with Gasteiger partial charge in [-0.1, -0.05) is 12.1 Å². The number of carbonyl (C=O) groups excluding carboxylic acids is 1. The van der Waals surface area contributed by atoms with Crippen molar-refractivity contribution < 1.29 is 9.53 Å². The highest BCUT2D eigenvalue weighted by molar-refractivity contribution is 5.93. The van der Waals surface area contributed by atoms with Crippen LogP contribution in [0.15, 0.2) is 36.7 Å². The Morgan fingerprint density at radius 3 is 2.57 bits per heavy atom. The van der Waals surface area contributed by atoms with E-state index < -0.39 is 0 Å². The van der Waals surface area contributed by atoms with Crippen molar-refractivity contribution in [3.63, 3.8) is 0 Å². The quantitative estimate of drug-likeness (QED) is 0.863. The third-order valence-corrected chi connectivity index (χ3v) is 4.39. The molecule has 1 aliphatic rings. The van der Waals surface area contributed by atoms with Gasteiger partial charge < -0.3 is 9.64 Å². The lowest BCUT2D eigenvalue weighted by Crippen LogP contribution is -2.48. The van der Waals surface area contributed by atoms with Gasteiger partial charge in [0.15, 0.2) is 0 Å². The molecule has 1 aromatic heterocycles. The number of rotatable bonds is 3. The van der Waals surface area contributed by atoms with E-state index >= 15 is 0 Å². The standard InChI is InChI=1S/C17H22N4O2/c1-19-8-9-21(17(22)14-10-18-20(2)11-14)12-16(19)13-4-6-15(23-3)7-5-13/h4-7,10-11,16H,8-9,12H2,1-3H3/t16-/m1/s1. The van der Waals surface area contributed by atoms with Gasteiger partial charge in [-0.25, -0.2) is 0 Å². The minimum Gasteiger partial charge on any atom is -0.497 e. The Bertz CT molecular complexity index is 680. The van der Waals surface area contributed by atoms with Gasteiger partial charge in [-0.3, -0.25) is 14.4 Å². The number of hydrogen-bond donors (Lipinski definition) is 0. The van der Waals surface area contributed by atoms with Gasteiger partial charge >= 0.3 is 0 Å². The highest BCUT2D eigenvalue weighted by atomic mass is 16.5. The van der Waals surface area contributed by atoms with E-state index in [0.29, 0.717) is 12.1 Å². The van der Waals surface area contributed by atoms with Crippen LogP contribution in [0.3, 0.4) is 0 Å². The van der Waals surface area contributed by atoms with Gasteiger partial charge in [0.2, 0.25) is 0 Å². The molecule has 1 amide bonds. The van der Waals surface area contributed by atoms with E-state index in [1.165, 1.54) is 5.56 Å². The van der Waals surface area contributed by atoms with Crippen molar-refractivity contribution in [3.8, 4) is 5.75 Å². The molecule has 0 aliphatic carbocycles. The number of likely N-dealkylation sites (N-methyl/N-ethyl adjacent to an activating group) is 1. The molecule has 6 nitrogen and oxygen atoms in total. The van der Waals surface area contributed by atoms with Crippen molar-refractivity contribution in [3.05, 3.63) is 47.8 Å². The van der Waals surface area contributed by atoms with Crippen LogP contribution in [0, 0.1) is 0 Å². The van der Waals surface area contributed by atoms with E-state index in [0.717, 1.165) is 18.8 Å². The molecule has 1 aliphatic heterocycles. The average Bonchev–Trinajstić information content (AvgIpc) is 3.01. The summed E-state index contributed by atoms with van der Waals surface area (Å²) in [5.41, 5.74) is 1.84. The molecule has 2 aromatic rings. The Kier molecular flexibility index (Phi) is 4.34. The number of amides is 1. The largest absolute Gasteiger partial charge is 0.497 e. The summed E-state index contributed by atoms with van der Waals surface area (Å²) in [7, 11) is 5.58. The maximum Gasteiger partial charge on any atom is 0.257 e. The van der Waals surface area contributed by atoms with Crippen molar-refractivity contribution in [1.29, 1.82) is 0 Å². The molecule has 2 heterocycles. The molecule has 0 bridgehead atoms. The molecular formula is C17H22N4O2. The van der Waals surface area contributed by atoms with Crippen LogP contribution in [0.4, 0.5) is 0 Å². The van der Waals surface area contributed by atoms with Gasteiger partial charge in [0.1, 0.15) is 5.75 Å². The molecule has 0 N–H and O–H groups in total. The summed E-state index contributed by atoms with van der Waals surface area (Å²) < 4.78 is 6.87. The fraction of sp³-hybridized carbons (Fsp3) is 0.412. The number of methoxy groups -OCH3 is 1. The number of benzene rings is 1. The molecule has 1 saturated heterocycles. The topological polar surface area (TPSA) is 50.6 Å². The molecule has 1 fully saturated rings. The molecule has 0 unspecified atom stereocenters. The Morgan fingerprint density at radius 2 is 1.96 bits per heavy atom. The lowest BCUT2D eigenvalue weighted by molar-refractivity contribution is 0.0546. The molecule has 1 aromatic carbocycles. The maximum atomic E-state index is 12.6. The number of piperazine rings is 1. The zero-order chi connectivity index (χ0) is 16.4. The number of nitrogens with zero attached hydrogens (tertiary/aromatic N) is 4. The van der Waals surface area contributed by atoms with Gasteiger partial charge in [0.05, 0.1) is 24.9 Å². The first-order valence-electron chi connectivity index (χ1n) is 7.70. The first kappa shape index (κ1) is 15.6. The van der Waals surface area contributed by atoms with Crippen LogP contribution in [-0.4, -0.2) is 59.3 Å². The molecule has 1 atom stereocenters. The number of ether oxygens (including phenoxy) is 1. The van der Waals surface area contributed by atoms with Crippen LogP contribution in [-0.2, 0) is 7.05 Å². The Labute approximate surface area is 136 Å². The first-order chi connectivity index (χ1) is 11.1. The Hall–Kier alpha value is -2.34. The Morgan fingerprint density at radius 1 is 1.22 bits per heavy atom. The van der Waals surface area contributed by atoms with Crippen molar-refractivity contribution in [1.82, 2.24) is 19.6 Å². The summed E-state index contributed by atoms with van der Waals surface area (Å²) in [6.07, 6.45) is 3.39. The van der Waals surface area contributed by atoms with E-state index in [9.17, 15) is 4.79 Å². The second kappa shape index (κ2) is 6.42.